The lowest BCUT2D eigenvalue weighted by Crippen LogP contribution is -2.45. The van der Waals surface area contributed by atoms with Crippen molar-refractivity contribution in [3.63, 3.8) is 0 Å². The van der Waals surface area contributed by atoms with E-state index in [1.54, 1.807) is 24.3 Å². The van der Waals surface area contributed by atoms with Gasteiger partial charge in [0.25, 0.3) is 0 Å². The number of anilines is 3. The van der Waals surface area contributed by atoms with Crippen molar-refractivity contribution in [2.45, 2.75) is 57.0 Å². The van der Waals surface area contributed by atoms with Crippen LogP contribution in [0.4, 0.5) is 17.5 Å². The van der Waals surface area contributed by atoms with Crippen molar-refractivity contribution in [2.75, 3.05) is 23.7 Å². The molecule has 2 aromatic carbocycles. The van der Waals surface area contributed by atoms with Gasteiger partial charge in [-0.05, 0) is 68.1 Å². The summed E-state index contributed by atoms with van der Waals surface area (Å²) in [5.41, 5.74) is 1.78. The summed E-state index contributed by atoms with van der Waals surface area (Å²) in [4.78, 5) is 23.4. The molecule has 8 heteroatoms. The number of fused-ring (bicyclic) bond motifs is 1. The second kappa shape index (κ2) is 10.2. The maximum Gasteiger partial charge on any atom is 0.335 e. The highest BCUT2D eigenvalue weighted by Gasteiger charge is 2.26. The van der Waals surface area contributed by atoms with E-state index < -0.39 is 5.97 Å². The summed E-state index contributed by atoms with van der Waals surface area (Å²) >= 11 is 6.25. The molecule has 0 radical (unpaired) electrons. The van der Waals surface area contributed by atoms with Crippen LogP contribution in [0.2, 0.25) is 5.02 Å². The number of carboxylic acids is 1. The normalized spacial score (nSPS) is 18.1. The number of likely N-dealkylation sites (tertiary alicyclic amines) is 1. The van der Waals surface area contributed by atoms with E-state index in [4.69, 9.17) is 26.7 Å². The van der Waals surface area contributed by atoms with E-state index in [0.29, 0.717) is 22.8 Å². The smallest absolute Gasteiger partial charge is 0.335 e. The first-order chi connectivity index (χ1) is 16.5. The molecular formula is C26H30ClN5O2. The minimum atomic E-state index is -0.952. The number of hydrogen-bond donors (Lipinski definition) is 3. The van der Waals surface area contributed by atoms with E-state index in [1.165, 1.54) is 32.1 Å². The highest BCUT2D eigenvalue weighted by Crippen LogP contribution is 2.30. The van der Waals surface area contributed by atoms with Gasteiger partial charge in [0.1, 0.15) is 5.82 Å². The molecule has 0 unspecified atom stereocenters. The molecule has 0 amide bonds. The molecule has 3 aromatic rings. The van der Waals surface area contributed by atoms with Gasteiger partial charge < -0.3 is 20.6 Å². The molecule has 1 saturated heterocycles. The second-order valence-corrected chi connectivity index (χ2v) is 9.75. The number of rotatable bonds is 6. The van der Waals surface area contributed by atoms with Crippen LogP contribution in [-0.4, -0.2) is 51.1 Å². The van der Waals surface area contributed by atoms with Crippen LogP contribution < -0.4 is 10.6 Å². The molecule has 1 aromatic heterocycles. The van der Waals surface area contributed by atoms with Gasteiger partial charge in [0.05, 0.1) is 11.1 Å². The number of piperidine rings is 1. The molecular weight excluding hydrogens is 450 g/mol. The van der Waals surface area contributed by atoms with E-state index in [-0.39, 0.29) is 5.56 Å². The predicted octanol–water partition coefficient (Wildman–Crippen LogP) is 5.93. The van der Waals surface area contributed by atoms with E-state index >= 15 is 0 Å². The molecule has 1 aliphatic carbocycles. The van der Waals surface area contributed by atoms with Gasteiger partial charge >= 0.3 is 5.97 Å². The van der Waals surface area contributed by atoms with Crippen LogP contribution in [0, 0.1) is 0 Å². The topological polar surface area (TPSA) is 90.4 Å². The predicted molar refractivity (Wildman–Crippen MR) is 136 cm³/mol. The van der Waals surface area contributed by atoms with E-state index in [2.05, 4.69) is 15.5 Å². The van der Waals surface area contributed by atoms with E-state index in [9.17, 15) is 4.79 Å². The molecule has 3 N–H and O–H groups in total. The molecule has 1 aliphatic heterocycles. The Morgan fingerprint density at radius 2 is 1.71 bits per heavy atom. The summed E-state index contributed by atoms with van der Waals surface area (Å²) in [7, 11) is 0. The average molecular weight is 480 g/mol. The molecule has 0 bridgehead atoms. The molecule has 178 valence electrons. The van der Waals surface area contributed by atoms with Crippen molar-refractivity contribution >= 4 is 45.9 Å². The third-order valence-corrected chi connectivity index (χ3v) is 7.24. The van der Waals surface area contributed by atoms with Crippen LogP contribution in [0.15, 0.2) is 42.5 Å². The Morgan fingerprint density at radius 1 is 0.971 bits per heavy atom. The molecule has 2 aliphatic rings. The number of nitrogens with zero attached hydrogens (tertiary/aromatic N) is 3. The zero-order valence-corrected chi connectivity index (χ0v) is 19.9. The third kappa shape index (κ3) is 5.26. The maximum absolute atomic E-state index is 11.2. The van der Waals surface area contributed by atoms with Gasteiger partial charge in [-0.25, -0.2) is 9.78 Å². The Morgan fingerprint density at radius 3 is 2.41 bits per heavy atom. The highest BCUT2D eigenvalue weighted by molar-refractivity contribution is 6.31. The molecule has 2 heterocycles. The molecule has 34 heavy (non-hydrogen) atoms. The average Bonchev–Trinajstić information content (AvgIpc) is 2.86. The monoisotopic (exact) mass is 479 g/mol. The Labute approximate surface area is 204 Å². The van der Waals surface area contributed by atoms with Gasteiger partial charge in [0.2, 0.25) is 5.95 Å². The summed E-state index contributed by atoms with van der Waals surface area (Å²) in [6.07, 6.45) is 8.97. The minimum absolute atomic E-state index is 0.239. The van der Waals surface area contributed by atoms with Gasteiger partial charge in [0.15, 0.2) is 0 Å². The lowest BCUT2D eigenvalue weighted by Gasteiger charge is -2.39. The first-order valence-corrected chi connectivity index (χ1v) is 12.5. The number of carboxylic acid groups (broad SMARTS) is 1. The van der Waals surface area contributed by atoms with Gasteiger partial charge in [0, 0.05) is 41.3 Å². The van der Waals surface area contributed by atoms with Crippen molar-refractivity contribution in [3.8, 4) is 0 Å². The van der Waals surface area contributed by atoms with Crippen LogP contribution in [0.3, 0.4) is 0 Å². The third-order valence-electron chi connectivity index (χ3n) is 7.01. The minimum Gasteiger partial charge on any atom is -0.478 e. The van der Waals surface area contributed by atoms with Crippen LogP contribution >= 0.6 is 11.6 Å². The van der Waals surface area contributed by atoms with Gasteiger partial charge in [-0.1, -0.05) is 30.9 Å². The largest absolute Gasteiger partial charge is 0.478 e. The van der Waals surface area contributed by atoms with Crippen molar-refractivity contribution in [1.82, 2.24) is 14.9 Å². The summed E-state index contributed by atoms with van der Waals surface area (Å²) in [6.45, 7) is 2.24. The fourth-order valence-electron chi connectivity index (χ4n) is 5.13. The summed E-state index contributed by atoms with van der Waals surface area (Å²) in [6, 6.07) is 13.3. The summed E-state index contributed by atoms with van der Waals surface area (Å²) < 4.78 is 0. The number of nitrogens with one attached hydrogen (secondary N) is 2. The molecule has 0 atom stereocenters. The number of halogens is 1. The van der Waals surface area contributed by atoms with Crippen molar-refractivity contribution in [3.05, 3.63) is 53.1 Å². The lowest BCUT2D eigenvalue weighted by molar-refractivity contribution is 0.0697. The Balaban J connectivity index is 1.33. The number of hydrogen-bond acceptors (Lipinski definition) is 6. The maximum atomic E-state index is 11.2. The van der Waals surface area contributed by atoms with E-state index in [1.807, 2.05) is 18.2 Å². The fourth-order valence-corrected chi connectivity index (χ4v) is 5.30. The van der Waals surface area contributed by atoms with Crippen molar-refractivity contribution < 1.29 is 9.90 Å². The zero-order chi connectivity index (χ0) is 23.5. The van der Waals surface area contributed by atoms with Crippen LogP contribution in [0.5, 0.6) is 0 Å². The zero-order valence-electron chi connectivity index (χ0n) is 19.1. The standard InChI is InChI=1S/C26H30ClN5O2/c27-18-8-11-23-22(16-18)24(28-19-9-6-17(7-10-19)25(33)34)31-26(30-23)29-20-12-14-32(15-13-20)21-4-2-1-3-5-21/h6-11,16,20-21H,1-5,12-15H2,(H,33,34)(H2,28,29,30,31). The van der Waals surface area contributed by atoms with Crippen molar-refractivity contribution in [1.29, 1.82) is 0 Å². The number of benzene rings is 2. The summed E-state index contributed by atoms with van der Waals surface area (Å²) in [5.74, 6) is 0.278. The summed E-state index contributed by atoms with van der Waals surface area (Å²) in [5, 5.41) is 17.5. The van der Waals surface area contributed by atoms with Gasteiger partial charge in [-0.3, -0.25) is 0 Å². The Bertz CT molecular complexity index is 1160. The first-order valence-electron chi connectivity index (χ1n) is 12.1. The van der Waals surface area contributed by atoms with Crippen molar-refractivity contribution in [2.24, 2.45) is 0 Å². The van der Waals surface area contributed by atoms with Gasteiger partial charge in [-0.2, -0.15) is 4.98 Å². The second-order valence-electron chi connectivity index (χ2n) is 9.31. The molecule has 0 spiro atoms. The molecule has 5 rings (SSSR count). The van der Waals surface area contributed by atoms with E-state index in [0.717, 1.165) is 48.6 Å². The number of aromatic nitrogens is 2. The molecule has 1 saturated carbocycles. The van der Waals surface area contributed by atoms with Gasteiger partial charge in [-0.15, -0.1) is 0 Å². The first kappa shape index (κ1) is 22.9. The van der Waals surface area contributed by atoms with Crippen LogP contribution in [0.25, 0.3) is 10.9 Å². The fraction of sp³-hybridized carbons (Fsp3) is 0.423. The number of aromatic carboxylic acids is 1. The number of carbonyl (C=O) groups is 1. The highest BCUT2D eigenvalue weighted by atomic mass is 35.5. The van der Waals surface area contributed by atoms with Crippen LogP contribution in [0.1, 0.15) is 55.3 Å². The molecule has 7 nitrogen and oxygen atoms in total. The lowest BCUT2D eigenvalue weighted by atomic mass is 9.92. The Kier molecular flexibility index (Phi) is 6.83. The Hall–Kier alpha value is -2.90. The molecule has 2 fully saturated rings. The quantitative estimate of drug-likeness (QED) is 0.403. The van der Waals surface area contributed by atoms with Crippen LogP contribution in [-0.2, 0) is 0 Å². The SMILES string of the molecule is O=C(O)c1ccc(Nc2nc(NC3CCN(C4CCCCC4)CC3)nc3ccc(Cl)cc23)cc1.